The maximum absolute atomic E-state index is 13.1. The number of rotatable bonds is 3. The molecule has 1 aromatic heterocycles. The van der Waals surface area contributed by atoms with Gasteiger partial charge in [0.25, 0.3) is 0 Å². The molecule has 0 bridgehead atoms. The van der Waals surface area contributed by atoms with E-state index < -0.39 is 11.9 Å². The average molecular weight is 236 g/mol. The zero-order valence-electron chi connectivity index (χ0n) is 9.34. The molecular formula is C11H13FN4O. The van der Waals surface area contributed by atoms with E-state index in [0.717, 1.165) is 0 Å². The SMILES string of the molecule is Cn1cc(CC(O)c2cc(F)ccc2N)nn1. The lowest BCUT2D eigenvalue weighted by atomic mass is 10.0. The second kappa shape index (κ2) is 4.50. The van der Waals surface area contributed by atoms with Gasteiger partial charge in [-0.05, 0) is 18.2 Å². The van der Waals surface area contributed by atoms with Crippen molar-refractivity contribution in [1.82, 2.24) is 15.0 Å². The molecule has 90 valence electrons. The fourth-order valence-corrected chi connectivity index (χ4v) is 1.63. The molecule has 0 aliphatic rings. The molecule has 1 unspecified atom stereocenters. The lowest BCUT2D eigenvalue weighted by Gasteiger charge is -2.11. The van der Waals surface area contributed by atoms with Crippen molar-refractivity contribution in [3.8, 4) is 0 Å². The minimum absolute atomic E-state index is 0.251. The van der Waals surface area contributed by atoms with Crippen LogP contribution in [0.3, 0.4) is 0 Å². The second-order valence-corrected chi connectivity index (χ2v) is 3.88. The number of anilines is 1. The van der Waals surface area contributed by atoms with Crippen molar-refractivity contribution in [3.05, 3.63) is 41.5 Å². The standard InChI is InChI=1S/C11H13FN4O/c1-16-6-8(14-15-16)5-11(17)9-4-7(12)2-3-10(9)13/h2-4,6,11,17H,5,13H2,1H3. The zero-order chi connectivity index (χ0) is 12.4. The van der Waals surface area contributed by atoms with Crippen molar-refractivity contribution >= 4 is 5.69 Å². The number of aromatic nitrogens is 3. The molecule has 0 saturated heterocycles. The molecule has 2 aromatic rings. The van der Waals surface area contributed by atoms with Crippen LogP contribution in [0.4, 0.5) is 10.1 Å². The highest BCUT2D eigenvalue weighted by molar-refractivity contribution is 5.48. The highest BCUT2D eigenvalue weighted by Gasteiger charge is 2.14. The van der Waals surface area contributed by atoms with Crippen LogP contribution in [0, 0.1) is 5.82 Å². The van der Waals surface area contributed by atoms with Gasteiger partial charge in [0.15, 0.2) is 0 Å². The number of nitrogens with zero attached hydrogens (tertiary/aromatic N) is 3. The van der Waals surface area contributed by atoms with Gasteiger partial charge in [-0.15, -0.1) is 5.10 Å². The maximum Gasteiger partial charge on any atom is 0.123 e. The number of nitrogen functional groups attached to an aromatic ring is 1. The van der Waals surface area contributed by atoms with Gasteiger partial charge in [-0.1, -0.05) is 5.21 Å². The molecule has 5 nitrogen and oxygen atoms in total. The summed E-state index contributed by atoms with van der Waals surface area (Å²) in [7, 11) is 1.74. The van der Waals surface area contributed by atoms with Crippen LogP contribution in [0.5, 0.6) is 0 Å². The first-order valence-electron chi connectivity index (χ1n) is 5.14. The third-order valence-corrected chi connectivity index (χ3v) is 2.46. The summed E-state index contributed by atoms with van der Waals surface area (Å²) >= 11 is 0. The summed E-state index contributed by atoms with van der Waals surface area (Å²) in [5, 5.41) is 17.6. The molecule has 1 heterocycles. The molecule has 3 N–H and O–H groups in total. The molecule has 0 aliphatic carbocycles. The number of hydrogen-bond acceptors (Lipinski definition) is 4. The van der Waals surface area contributed by atoms with Gasteiger partial charge in [0.1, 0.15) is 5.82 Å². The molecule has 1 atom stereocenters. The van der Waals surface area contributed by atoms with Crippen molar-refractivity contribution in [2.24, 2.45) is 7.05 Å². The Balaban J connectivity index is 2.19. The molecule has 2 rings (SSSR count). The Morgan fingerprint density at radius 1 is 1.53 bits per heavy atom. The van der Waals surface area contributed by atoms with E-state index in [4.69, 9.17) is 5.73 Å². The Morgan fingerprint density at radius 3 is 2.94 bits per heavy atom. The third-order valence-electron chi connectivity index (χ3n) is 2.46. The Labute approximate surface area is 97.7 Å². The first kappa shape index (κ1) is 11.5. The van der Waals surface area contributed by atoms with Crippen LogP contribution in [0.15, 0.2) is 24.4 Å². The number of aliphatic hydroxyl groups excluding tert-OH is 1. The first-order chi connectivity index (χ1) is 8.06. The lowest BCUT2D eigenvalue weighted by molar-refractivity contribution is 0.177. The fourth-order valence-electron chi connectivity index (χ4n) is 1.63. The van der Waals surface area contributed by atoms with Gasteiger partial charge in [0.2, 0.25) is 0 Å². The van der Waals surface area contributed by atoms with Crippen LogP contribution in [-0.2, 0) is 13.5 Å². The number of nitrogens with two attached hydrogens (primary N) is 1. The number of halogens is 1. The summed E-state index contributed by atoms with van der Waals surface area (Å²) in [6.07, 6.45) is 1.06. The minimum Gasteiger partial charge on any atom is -0.398 e. The molecule has 0 radical (unpaired) electrons. The number of hydrogen-bond donors (Lipinski definition) is 2. The summed E-state index contributed by atoms with van der Waals surface area (Å²) in [6.45, 7) is 0. The van der Waals surface area contributed by atoms with Crippen molar-refractivity contribution in [2.45, 2.75) is 12.5 Å². The monoisotopic (exact) mass is 236 g/mol. The normalized spacial score (nSPS) is 12.6. The molecule has 6 heteroatoms. The van der Waals surface area contributed by atoms with Gasteiger partial charge in [0, 0.05) is 30.9 Å². The molecule has 0 fully saturated rings. The van der Waals surface area contributed by atoms with Crippen molar-refractivity contribution in [2.75, 3.05) is 5.73 Å². The predicted octanol–water partition coefficient (Wildman–Crippen LogP) is 0.812. The van der Waals surface area contributed by atoms with Crippen LogP contribution >= 0.6 is 0 Å². The molecule has 1 aromatic carbocycles. The highest BCUT2D eigenvalue weighted by atomic mass is 19.1. The van der Waals surface area contributed by atoms with Gasteiger partial charge in [-0.3, -0.25) is 4.68 Å². The van der Waals surface area contributed by atoms with Gasteiger partial charge in [-0.2, -0.15) is 0 Å². The number of benzene rings is 1. The van der Waals surface area contributed by atoms with E-state index in [9.17, 15) is 9.50 Å². The molecular weight excluding hydrogens is 223 g/mol. The Bertz CT molecular complexity index is 526. The van der Waals surface area contributed by atoms with Gasteiger partial charge < -0.3 is 10.8 Å². The van der Waals surface area contributed by atoms with E-state index in [-0.39, 0.29) is 6.42 Å². The molecule has 0 amide bonds. The molecule has 17 heavy (non-hydrogen) atoms. The van der Waals surface area contributed by atoms with E-state index in [1.807, 2.05) is 0 Å². The van der Waals surface area contributed by atoms with Crippen LogP contribution in [-0.4, -0.2) is 20.1 Å². The maximum atomic E-state index is 13.1. The van der Waals surface area contributed by atoms with Crippen molar-refractivity contribution in [1.29, 1.82) is 0 Å². The number of aliphatic hydroxyl groups is 1. The Kier molecular flexibility index (Phi) is 3.06. The summed E-state index contributed by atoms with van der Waals surface area (Å²) < 4.78 is 14.6. The number of aryl methyl sites for hydroxylation is 1. The first-order valence-corrected chi connectivity index (χ1v) is 5.14. The van der Waals surface area contributed by atoms with Crippen molar-refractivity contribution < 1.29 is 9.50 Å². The Morgan fingerprint density at radius 2 is 2.29 bits per heavy atom. The summed E-state index contributed by atoms with van der Waals surface area (Å²) in [6, 6.07) is 3.93. The van der Waals surface area contributed by atoms with E-state index >= 15 is 0 Å². The van der Waals surface area contributed by atoms with E-state index in [1.165, 1.54) is 22.9 Å². The summed E-state index contributed by atoms with van der Waals surface area (Å²) in [4.78, 5) is 0. The van der Waals surface area contributed by atoms with Crippen LogP contribution < -0.4 is 5.73 Å². The van der Waals surface area contributed by atoms with Crippen LogP contribution in [0.2, 0.25) is 0 Å². The van der Waals surface area contributed by atoms with Gasteiger partial charge in [0.05, 0.1) is 11.8 Å². The van der Waals surface area contributed by atoms with E-state index in [0.29, 0.717) is 16.9 Å². The third kappa shape index (κ3) is 2.59. The van der Waals surface area contributed by atoms with Crippen LogP contribution in [0.25, 0.3) is 0 Å². The Hall–Kier alpha value is -1.95. The summed E-state index contributed by atoms with van der Waals surface area (Å²) in [5.41, 5.74) is 7.04. The van der Waals surface area contributed by atoms with Gasteiger partial charge >= 0.3 is 0 Å². The predicted molar refractivity (Wildman–Crippen MR) is 60.5 cm³/mol. The summed E-state index contributed by atoms with van der Waals surface area (Å²) in [5.74, 6) is -0.424. The largest absolute Gasteiger partial charge is 0.398 e. The lowest BCUT2D eigenvalue weighted by Crippen LogP contribution is -2.06. The quantitative estimate of drug-likeness (QED) is 0.773. The molecule has 0 saturated carbocycles. The van der Waals surface area contributed by atoms with Gasteiger partial charge in [-0.25, -0.2) is 4.39 Å². The highest BCUT2D eigenvalue weighted by Crippen LogP contribution is 2.23. The van der Waals surface area contributed by atoms with E-state index in [2.05, 4.69) is 10.3 Å². The second-order valence-electron chi connectivity index (χ2n) is 3.88. The van der Waals surface area contributed by atoms with Crippen molar-refractivity contribution in [3.63, 3.8) is 0 Å². The zero-order valence-corrected chi connectivity index (χ0v) is 9.34. The molecule has 0 spiro atoms. The smallest absolute Gasteiger partial charge is 0.123 e. The minimum atomic E-state index is -0.887. The van der Waals surface area contributed by atoms with Crippen LogP contribution in [0.1, 0.15) is 17.4 Å². The average Bonchev–Trinajstić information content (AvgIpc) is 2.67. The molecule has 0 aliphatic heterocycles. The van der Waals surface area contributed by atoms with E-state index in [1.54, 1.807) is 13.2 Å². The topological polar surface area (TPSA) is 77.0 Å². The fraction of sp³-hybridized carbons (Fsp3) is 0.273.